The summed E-state index contributed by atoms with van der Waals surface area (Å²) in [5.74, 6) is -2.17. The summed E-state index contributed by atoms with van der Waals surface area (Å²) in [6.07, 6.45) is -5.36. The van der Waals surface area contributed by atoms with E-state index in [1.807, 2.05) is 0 Å². The molecule has 31 heavy (non-hydrogen) atoms. The third-order valence-corrected chi connectivity index (χ3v) is 4.53. The number of alkyl halides is 3. The van der Waals surface area contributed by atoms with Crippen LogP contribution in [0, 0.1) is 6.92 Å². The second-order valence-corrected chi connectivity index (χ2v) is 7.25. The molecule has 0 aliphatic heterocycles. The molecule has 0 heterocycles. The quantitative estimate of drug-likeness (QED) is 0.536. The van der Waals surface area contributed by atoms with Crippen LogP contribution in [0.3, 0.4) is 0 Å². The maximum Gasteiger partial charge on any atom is 0.416 e. The van der Waals surface area contributed by atoms with Crippen molar-refractivity contribution in [2.24, 2.45) is 0 Å². The molecule has 0 spiro atoms. The monoisotopic (exact) mass is 476 g/mol. The van der Waals surface area contributed by atoms with Crippen LogP contribution in [-0.4, -0.2) is 24.4 Å². The molecule has 0 bridgehead atoms. The van der Waals surface area contributed by atoms with Gasteiger partial charge in [0.1, 0.15) is 0 Å². The van der Waals surface area contributed by atoms with Crippen LogP contribution < -0.4 is 10.6 Å². The lowest BCUT2D eigenvalue weighted by Crippen LogP contribution is -2.22. The predicted molar refractivity (Wildman–Crippen MR) is 110 cm³/mol. The second kappa shape index (κ2) is 10.5. The van der Waals surface area contributed by atoms with Gasteiger partial charge >= 0.3 is 12.1 Å². The van der Waals surface area contributed by atoms with Crippen LogP contribution in [0.15, 0.2) is 36.4 Å². The lowest BCUT2D eigenvalue weighted by molar-refractivity contribution is -0.147. The van der Waals surface area contributed by atoms with Crippen molar-refractivity contribution in [3.05, 3.63) is 57.6 Å². The SMILES string of the molecule is Cc1ccc(Cl)cc1NC(=O)COC(=O)CCC(=O)Nc1cc(C(F)(F)F)ccc1Cl. The number of benzene rings is 2. The molecule has 0 aliphatic rings. The first-order valence-electron chi connectivity index (χ1n) is 8.84. The van der Waals surface area contributed by atoms with Crippen LogP contribution in [0.2, 0.25) is 10.0 Å². The molecule has 0 aliphatic carbocycles. The number of nitrogens with one attached hydrogen (secondary N) is 2. The van der Waals surface area contributed by atoms with E-state index < -0.39 is 36.1 Å². The van der Waals surface area contributed by atoms with E-state index in [4.69, 9.17) is 27.9 Å². The third kappa shape index (κ3) is 7.76. The van der Waals surface area contributed by atoms with Gasteiger partial charge in [0, 0.05) is 17.1 Å². The van der Waals surface area contributed by atoms with Gasteiger partial charge < -0.3 is 15.4 Å². The minimum atomic E-state index is -4.60. The molecule has 0 fully saturated rings. The minimum absolute atomic E-state index is 0.0862. The number of aryl methyl sites for hydroxylation is 1. The Bertz CT molecular complexity index is 997. The highest BCUT2D eigenvalue weighted by molar-refractivity contribution is 6.33. The Morgan fingerprint density at radius 1 is 0.935 bits per heavy atom. The lowest BCUT2D eigenvalue weighted by atomic mass is 10.2. The molecule has 0 saturated carbocycles. The molecule has 0 radical (unpaired) electrons. The van der Waals surface area contributed by atoms with Gasteiger partial charge in [0.2, 0.25) is 5.91 Å². The maximum atomic E-state index is 12.8. The number of rotatable bonds is 7. The van der Waals surface area contributed by atoms with Crippen molar-refractivity contribution in [3.8, 4) is 0 Å². The molecule has 2 N–H and O–H groups in total. The van der Waals surface area contributed by atoms with Gasteiger partial charge in [0.05, 0.1) is 22.7 Å². The van der Waals surface area contributed by atoms with Crippen LogP contribution in [0.4, 0.5) is 24.5 Å². The van der Waals surface area contributed by atoms with E-state index >= 15 is 0 Å². The molecule has 2 aromatic carbocycles. The number of anilines is 2. The summed E-state index contributed by atoms with van der Waals surface area (Å²) in [5.41, 5.74) is 0.0126. The summed E-state index contributed by atoms with van der Waals surface area (Å²) in [6.45, 7) is 1.18. The first kappa shape index (κ1) is 24.5. The summed E-state index contributed by atoms with van der Waals surface area (Å²) in [7, 11) is 0. The van der Waals surface area contributed by atoms with Gasteiger partial charge in [-0.3, -0.25) is 14.4 Å². The zero-order valence-corrected chi connectivity index (χ0v) is 17.6. The molecule has 2 rings (SSSR count). The van der Waals surface area contributed by atoms with Gasteiger partial charge in [-0.15, -0.1) is 0 Å². The van der Waals surface area contributed by atoms with E-state index in [1.165, 1.54) is 0 Å². The van der Waals surface area contributed by atoms with E-state index in [0.29, 0.717) is 16.8 Å². The van der Waals surface area contributed by atoms with Crippen molar-refractivity contribution < 1.29 is 32.3 Å². The van der Waals surface area contributed by atoms with Crippen LogP contribution in [-0.2, 0) is 25.3 Å². The Morgan fingerprint density at radius 2 is 1.61 bits per heavy atom. The minimum Gasteiger partial charge on any atom is -0.456 e. The summed E-state index contributed by atoms with van der Waals surface area (Å²) in [4.78, 5) is 35.6. The van der Waals surface area contributed by atoms with E-state index in [9.17, 15) is 27.6 Å². The highest BCUT2D eigenvalue weighted by Crippen LogP contribution is 2.33. The Hall–Kier alpha value is -2.78. The largest absolute Gasteiger partial charge is 0.456 e. The van der Waals surface area contributed by atoms with E-state index in [2.05, 4.69) is 10.6 Å². The zero-order chi connectivity index (χ0) is 23.2. The number of amides is 2. The van der Waals surface area contributed by atoms with E-state index in [-0.39, 0.29) is 23.6 Å². The molecule has 0 saturated heterocycles. The van der Waals surface area contributed by atoms with Crippen LogP contribution in [0.1, 0.15) is 24.0 Å². The van der Waals surface area contributed by atoms with Crippen molar-refractivity contribution in [2.75, 3.05) is 17.2 Å². The number of halogens is 5. The Labute approximate surface area is 185 Å². The zero-order valence-electron chi connectivity index (χ0n) is 16.1. The molecule has 166 valence electrons. The molecule has 0 aromatic heterocycles. The fourth-order valence-corrected chi connectivity index (χ4v) is 2.70. The third-order valence-electron chi connectivity index (χ3n) is 3.96. The van der Waals surface area contributed by atoms with Crippen LogP contribution in [0.5, 0.6) is 0 Å². The number of carbonyl (C=O) groups is 3. The van der Waals surface area contributed by atoms with Gasteiger partial charge in [0.25, 0.3) is 5.91 Å². The van der Waals surface area contributed by atoms with Crippen molar-refractivity contribution in [2.45, 2.75) is 25.9 Å². The second-order valence-electron chi connectivity index (χ2n) is 6.41. The molecular weight excluding hydrogens is 460 g/mol. The van der Waals surface area contributed by atoms with Crippen LogP contribution >= 0.6 is 23.2 Å². The highest BCUT2D eigenvalue weighted by Gasteiger charge is 2.31. The highest BCUT2D eigenvalue weighted by atomic mass is 35.5. The predicted octanol–water partition coefficient (Wildman–Crippen LogP) is 5.22. The lowest BCUT2D eigenvalue weighted by Gasteiger charge is -2.12. The normalized spacial score (nSPS) is 11.0. The van der Waals surface area contributed by atoms with Gasteiger partial charge in [0.15, 0.2) is 6.61 Å². The topological polar surface area (TPSA) is 84.5 Å². The van der Waals surface area contributed by atoms with Gasteiger partial charge in [-0.1, -0.05) is 29.3 Å². The molecule has 0 atom stereocenters. The van der Waals surface area contributed by atoms with Crippen molar-refractivity contribution in [1.29, 1.82) is 0 Å². The van der Waals surface area contributed by atoms with Gasteiger partial charge in [-0.25, -0.2) is 0 Å². The Morgan fingerprint density at radius 3 is 2.29 bits per heavy atom. The molecule has 2 aromatic rings. The number of hydrogen-bond acceptors (Lipinski definition) is 4. The number of esters is 1. The van der Waals surface area contributed by atoms with Crippen molar-refractivity contribution in [1.82, 2.24) is 0 Å². The fourth-order valence-electron chi connectivity index (χ4n) is 2.36. The Kier molecular flexibility index (Phi) is 8.29. The van der Waals surface area contributed by atoms with Gasteiger partial charge in [-0.2, -0.15) is 13.2 Å². The molecule has 2 amide bonds. The first-order valence-corrected chi connectivity index (χ1v) is 9.59. The fraction of sp³-hybridized carbons (Fsp3) is 0.250. The Balaban J connectivity index is 1.80. The summed E-state index contributed by atoms with van der Waals surface area (Å²) >= 11 is 11.7. The summed E-state index contributed by atoms with van der Waals surface area (Å²) < 4.78 is 43.1. The van der Waals surface area contributed by atoms with Crippen molar-refractivity contribution >= 4 is 52.4 Å². The van der Waals surface area contributed by atoms with Crippen molar-refractivity contribution in [3.63, 3.8) is 0 Å². The van der Waals surface area contributed by atoms with E-state index in [0.717, 1.165) is 17.7 Å². The number of ether oxygens (including phenoxy) is 1. The average molecular weight is 477 g/mol. The summed E-state index contributed by atoms with van der Waals surface area (Å²) in [5, 5.41) is 5.09. The standard InChI is InChI=1S/C20H17Cl2F3N2O4/c1-11-2-4-13(21)9-15(11)26-18(29)10-31-19(30)7-6-17(28)27-16-8-12(20(23,24)25)3-5-14(16)22/h2-5,8-9H,6-7,10H2,1H3,(H,26,29)(H,27,28). The first-order chi connectivity index (χ1) is 14.5. The molecule has 11 heteroatoms. The molecule has 0 unspecified atom stereocenters. The van der Waals surface area contributed by atoms with E-state index in [1.54, 1.807) is 25.1 Å². The molecule has 6 nitrogen and oxygen atoms in total. The number of carbonyl (C=O) groups excluding carboxylic acids is 3. The average Bonchev–Trinajstić information content (AvgIpc) is 2.68. The van der Waals surface area contributed by atoms with Crippen LogP contribution in [0.25, 0.3) is 0 Å². The van der Waals surface area contributed by atoms with Gasteiger partial charge in [-0.05, 0) is 42.8 Å². The number of hydrogen-bond donors (Lipinski definition) is 2. The molecular formula is C20H17Cl2F3N2O4. The smallest absolute Gasteiger partial charge is 0.416 e. The maximum absolute atomic E-state index is 12.8. The summed E-state index contributed by atoms with van der Waals surface area (Å²) in [6, 6.07) is 7.39.